The van der Waals surface area contributed by atoms with Crippen LogP contribution in [0, 0.1) is 0 Å². The van der Waals surface area contributed by atoms with Gasteiger partial charge in [-0.1, -0.05) is 0 Å². The lowest BCUT2D eigenvalue weighted by molar-refractivity contribution is -0.110. The van der Waals surface area contributed by atoms with E-state index < -0.39 is 24.6 Å². The largest absolute Gasteiger partial charge is 0.370 e. The maximum atomic E-state index is 10.3. The molecule has 0 saturated carbocycles. The number of rotatable bonds is 2. The van der Waals surface area contributed by atoms with Gasteiger partial charge in [-0.25, -0.2) is 0 Å². The first-order chi connectivity index (χ1) is 4.65. The highest BCUT2D eigenvalue weighted by atomic mass is 35.7. The zero-order chi connectivity index (χ0) is 9.28. The molecule has 0 atom stereocenters. The van der Waals surface area contributed by atoms with Crippen LogP contribution in [0.5, 0.6) is 0 Å². The first-order valence-corrected chi connectivity index (χ1v) is 5.71. The average Bonchev–Trinajstić information content (AvgIpc) is 1.56. The SMILES string of the molecule is CC(=O)S(=O)(=O)OS(=O)(=O)Cl. The van der Waals surface area contributed by atoms with Crippen molar-refractivity contribution in [1.82, 2.24) is 0 Å². The summed E-state index contributed by atoms with van der Waals surface area (Å²) >= 11 is 0. The summed E-state index contributed by atoms with van der Waals surface area (Å²) < 4.78 is 43.8. The van der Waals surface area contributed by atoms with E-state index in [1.807, 2.05) is 0 Å². The Morgan fingerprint density at radius 3 is 1.73 bits per heavy atom. The van der Waals surface area contributed by atoms with Crippen molar-refractivity contribution in [2.45, 2.75) is 6.92 Å². The highest BCUT2D eigenvalue weighted by Crippen LogP contribution is 2.05. The minimum Gasteiger partial charge on any atom is -0.279 e. The molecule has 0 unspecified atom stereocenters. The predicted octanol–water partition coefficient (Wildman–Crippen LogP) is -0.637. The van der Waals surface area contributed by atoms with E-state index in [2.05, 4.69) is 14.3 Å². The molecule has 11 heavy (non-hydrogen) atoms. The van der Waals surface area contributed by atoms with Crippen molar-refractivity contribution in [3.8, 4) is 0 Å². The fourth-order valence-corrected chi connectivity index (χ4v) is 2.00. The van der Waals surface area contributed by atoms with Crippen molar-refractivity contribution in [2.75, 3.05) is 0 Å². The van der Waals surface area contributed by atoms with Crippen LogP contribution < -0.4 is 0 Å². The van der Waals surface area contributed by atoms with E-state index in [0.29, 0.717) is 6.92 Å². The van der Waals surface area contributed by atoms with Crippen LogP contribution >= 0.6 is 10.7 Å². The van der Waals surface area contributed by atoms with Gasteiger partial charge in [0.25, 0.3) is 5.12 Å². The molecule has 0 aromatic carbocycles. The minimum atomic E-state index is -4.71. The molecular formula is C2H3ClO6S2. The molecular weight excluding hydrogens is 220 g/mol. The number of carbonyl (C=O) groups excluding carboxylic acids is 1. The summed E-state index contributed by atoms with van der Waals surface area (Å²) in [5.74, 6) is 0. The molecule has 0 bridgehead atoms. The summed E-state index contributed by atoms with van der Waals surface area (Å²) in [4.78, 5) is 10.1. The van der Waals surface area contributed by atoms with Crippen LogP contribution in [0.1, 0.15) is 6.92 Å². The molecule has 0 aromatic rings. The van der Waals surface area contributed by atoms with Gasteiger partial charge in [-0.2, -0.15) is 16.8 Å². The Kier molecular flexibility index (Phi) is 3.00. The molecule has 0 aliphatic heterocycles. The van der Waals surface area contributed by atoms with E-state index in [-0.39, 0.29) is 0 Å². The number of hydrogen-bond acceptors (Lipinski definition) is 6. The number of hydrogen-bond donors (Lipinski definition) is 0. The van der Waals surface area contributed by atoms with Crippen molar-refractivity contribution in [2.24, 2.45) is 0 Å². The molecule has 0 saturated heterocycles. The first kappa shape index (κ1) is 10.8. The van der Waals surface area contributed by atoms with Gasteiger partial charge in [0.15, 0.2) is 0 Å². The lowest BCUT2D eigenvalue weighted by Gasteiger charge is -1.94. The summed E-state index contributed by atoms with van der Waals surface area (Å²) in [7, 11) is -5.00. The first-order valence-electron chi connectivity index (χ1n) is 2.06. The van der Waals surface area contributed by atoms with Gasteiger partial charge in [-0.05, 0) is 0 Å². The zero-order valence-electron chi connectivity index (χ0n) is 5.14. The molecule has 0 aliphatic carbocycles. The van der Waals surface area contributed by atoms with E-state index in [1.165, 1.54) is 0 Å². The topological polar surface area (TPSA) is 94.6 Å². The Morgan fingerprint density at radius 1 is 1.27 bits per heavy atom. The highest BCUT2D eigenvalue weighted by Gasteiger charge is 2.25. The summed E-state index contributed by atoms with van der Waals surface area (Å²) in [6.45, 7) is 0.636. The van der Waals surface area contributed by atoms with Gasteiger partial charge < -0.3 is 0 Å². The Bertz CT molecular complexity index is 348. The van der Waals surface area contributed by atoms with Gasteiger partial charge in [0, 0.05) is 6.92 Å². The lowest BCUT2D eigenvalue weighted by Crippen LogP contribution is -2.16. The quantitative estimate of drug-likeness (QED) is 0.577. The summed E-state index contributed by atoms with van der Waals surface area (Å²) in [5, 5.41) is -1.43. The maximum absolute atomic E-state index is 10.3. The van der Waals surface area contributed by atoms with Crippen molar-refractivity contribution >= 4 is 35.2 Å². The standard InChI is InChI=1S/C2H3ClO6S2/c1-2(4)10(5,6)9-11(3,7)8/h1H3. The van der Waals surface area contributed by atoms with E-state index in [9.17, 15) is 21.6 Å². The molecule has 0 fully saturated rings. The molecule has 0 spiro atoms. The Morgan fingerprint density at radius 2 is 1.64 bits per heavy atom. The summed E-state index contributed by atoms with van der Waals surface area (Å²) in [6.07, 6.45) is 0. The van der Waals surface area contributed by atoms with E-state index in [0.717, 1.165) is 0 Å². The second kappa shape index (κ2) is 3.05. The van der Waals surface area contributed by atoms with Crippen molar-refractivity contribution < 1.29 is 25.3 Å². The molecule has 0 rings (SSSR count). The molecule has 6 nitrogen and oxygen atoms in total. The molecule has 0 heterocycles. The molecule has 0 amide bonds. The van der Waals surface area contributed by atoms with Crippen LogP contribution in [0.25, 0.3) is 0 Å². The molecule has 0 aromatic heterocycles. The van der Waals surface area contributed by atoms with E-state index in [1.54, 1.807) is 0 Å². The number of halogens is 1. The van der Waals surface area contributed by atoms with E-state index >= 15 is 0 Å². The average molecular weight is 223 g/mol. The van der Waals surface area contributed by atoms with E-state index in [4.69, 9.17) is 0 Å². The van der Waals surface area contributed by atoms with Crippen LogP contribution in [-0.4, -0.2) is 22.0 Å². The van der Waals surface area contributed by atoms with Crippen LogP contribution in [0.15, 0.2) is 0 Å². The summed E-state index contributed by atoms with van der Waals surface area (Å²) in [5.41, 5.74) is 0. The van der Waals surface area contributed by atoms with Gasteiger partial charge in [0.1, 0.15) is 0 Å². The second-order valence-corrected chi connectivity index (χ2v) is 5.35. The molecule has 0 N–H and O–H groups in total. The van der Waals surface area contributed by atoms with Gasteiger partial charge in [0.05, 0.1) is 10.7 Å². The molecule has 0 aliphatic rings. The van der Waals surface area contributed by atoms with Gasteiger partial charge >= 0.3 is 19.4 Å². The van der Waals surface area contributed by atoms with Crippen LogP contribution in [-0.2, 0) is 27.9 Å². The Labute approximate surface area is 67.9 Å². The highest BCUT2D eigenvalue weighted by molar-refractivity contribution is 8.18. The fraction of sp³-hybridized carbons (Fsp3) is 0.500. The second-order valence-electron chi connectivity index (χ2n) is 1.41. The third-order valence-corrected chi connectivity index (χ3v) is 3.06. The maximum Gasteiger partial charge on any atom is 0.370 e. The van der Waals surface area contributed by atoms with Crippen LogP contribution in [0.4, 0.5) is 0 Å². The van der Waals surface area contributed by atoms with Crippen LogP contribution in [0.2, 0.25) is 0 Å². The Balaban J connectivity index is 4.83. The Hall–Kier alpha value is -0.180. The minimum absolute atomic E-state index is 0.636. The van der Waals surface area contributed by atoms with Gasteiger partial charge in [0.2, 0.25) is 0 Å². The zero-order valence-corrected chi connectivity index (χ0v) is 7.53. The van der Waals surface area contributed by atoms with Gasteiger partial charge in [-0.15, -0.1) is 3.63 Å². The molecule has 0 radical (unpaired) electrons. The van der Waals surface area contributed by atoms with Crippen molar-refractivity contribution in [1.29, 1.82) is 0 Å². The lowest BCUT2D eigenvalue weighted by atomic mass is 10.9. The normalized spacial score (nSPS) is 12.9. The fourth-order valence-electron chi connectivity index (χ4n) is 0.155. The molecule has 9 heteroatoms. The third kappa shape index (κ3) is 4.30. The van der Waals surface area contributed by atoms with Crippen LogP contribution in [0.3, 0.4) is 0 Å². The monoisotopic (exact) mass is 222 g/mol. The molecule has 66 valence electrons. The summed E-state index contributed by atoms with van der Waals surface area (Å²) in [6, 6.07) is 0. The smallest absolute Gasteiger partial charge is 0.279 e. The van der Waals surface area contributed by atoms with Crippen molar-refractivity contribution in [3.05, 3.63) is 0 Å². The third-order valence-electron chi connectivity index (χ3n) is 0.523. The predicted molar refractivity (Wildman–Crippen MR) is 35.5 cm³/mol. The van der Waals surface area contributed by atoms with Gasteiger partial charge in [-0.3, -0.25) is 4.79 Å². The van der Waals surface area contributed by atoms with Crippen molar-refractivity contribution in [3.63, 3.8) is 0 Å². The number of carbonyl (C=O) groups is 1.